The molecule has 0 bridgehead atoms. The first-order chi connectivity index (χ1) is 14.9. The maximum absolute atomic E-state index is 12.7. The summed E-state index contributed by atoms with van der Waals surface area (Å²) in [6.45, 7) is 3.70. The third kappa shape index (κ3) is 3.77. The van der Waals surface area contributed by atoms with Crippen LogP contribution in [0.5, 0.6) is 11.5 Å². The predicted octanol–water partition coefficient (Wildman–Crippen LogP) is 4.35. The number of carbonyl (C=O) groups excluding carboxylic acids is 2. The van der Waals surface area contributed by atoms with Crippen LogP contribution in [0.3, 0.4) is 0 Å². The molecule has 0 aliphatic carbocycles. The highest BCUT2D eigenvalue weighted by Gasteiger charge is 2.21. The van der Waals surface area contributed by atoms with Gasteiger partial charge in [-0.2, -0.15) is 0 Å². The van der Waals surface area contributed by atoms with E-state index in [9.17, 15) is 19.8 Å². The minimum atomic E-state index is -0.892. The summed E-state index contributed by atoms with van der Waals surface area (Å²) in [5.41, 5.74) is 1.86. The first-order valence-corrected chi connectivity index (χ1v) is 9.70. The van der Waals surface area contributed by atoms with E-state index < -0.39 is 12.6 Å². The summed E-state index contributed by atoms with van der Waals surface area (Å²) in [4.78, 5) is 25.2. The smallest absolute Gasteiger partial charge is 0.342 e. The van der Waals surface area contributed by atoms with Crippen molar-refractivity contribution in [2.45, 2.75) is 20.4 Å². The molecule has 2 N–H and O–H groups in total. The number of fused-ring (bicyclic) bond motifs is 1. The van der Waals surface area contributed by atoms with Gasteiger partial charge in [0.05, 0.1) is 12.8 Å². The Bertz CT molecular complexity index is 1280. The van der Waals surface area contributed by atoms with Crippen molar-refractivity contribution in [1.29, 1.82) is 0 Å². The number of furan rings is 1. The second kappa shape index (κ2) is 8.02. The maximum atomic E-state index is 12.7. The average molecular weight is 419 g/mol. The molecule has 4 aromatic rings. The molecule has 0 spiro atoms. The normalized spacial score (nSPS) is 11.0. The molecular weight excluding hydrogens is 398 g/mol. The predicted molar refractivity (Wildman–Crippen MR) is 114 cm³/mol. The number of esters is 1. The summed E-state index contributed by atoms with van der Waals surface area (Å²) in [7, 11) is 0. The number of benzene rings is 2. The molecule has 2 heterocycles. The second-order valence-electron chi connectivity index (χ2n) is 7.29. The lowest BCUT2D eigenvalue weighted by Gasteiger charge is -2.10. The van der Waals surface area contributed by atoms with E-state index in [2.05, 4.69) is 0 Å². The number of aromatic hydroxyl groups is 2. The van der Waals surface area contributed by atoms with Crippen molar-refractivity contribution in [2.24, 2.45) is 0 Å². The van der Waals surface area contributed by atoms with Gasteiger partial charge >= 0.3 is 5.97 Å². The highest BCUT2D eigenvalue weighted by molar-refractivity contribution is 6.05. The van der Waals surface area contributed by atoms with Gasteiger partial charge in [0.1, 0.15) is 22.8 Å². The van der Waals surface area contributed by atoms with Gasteiger partial charge in [-0.3, -0.25) is 4.79 Å². The molecule has 31 heavy (non-hydrogen) atoms. The molecule has 0 atom stereocenters. The molecule has 7 nitrogen and oxygen atoms in total. The van der Waals surface area contributed by atoms with E-state index in [4.69, 9.17) is 9.15 Å². The fourth-order valence-corrected chi connectivity index (χ4v) is 3.67. The summed E-state index contributed by atoms with van der Waals surface area (Å²) in [6, 6.07) is 13.1. The zero-order valence-electron chi connectivity index (χ0n) is 17.1. The number of nitrogens with zero attached hydrogens (tertiary/aromatic N) is 1. The van der Waals surface area contributed by atoms with Crippen molar-refractivity contribution in [3.63, 3.8) is 0 Å². The average Bonchev–Trinajstić information content (AvgIpc) is 3.38. The van der Waals surface area contributed by atoms with E-state index in [0.717, 1.165) is 23.2 Å². The van der Waals surface area contributed by atoms with Crippen LogP contribution in [0.1, 0.15) is 37.9 Å². The summed E-state index contributed by atoms with van der Waals surface area (Å²) in [6.07, 6.45) is 1.59. The fraction of sp³-hybridized carbons (Fsp3) is 0.167. The number of Topliss-reactive ketones (excluding diaryl/α,β-unsaturated/α-hetero) is 1. The highest BCUT2D eigenvalue weighted by Crippen LogP contribution is 2.35. The number of aromatic nitrogens is 1. The van der Waals surface area contributed by atoms with Crippen molar-refractivity contribution in [1.82, 2.24) is 4.57 Å². The Morgan fingerprint density at radius 1 is 1.00 bits per heavy atom. The SMILES string of the molecule is Cc1cc(C(=O)COC(=O)c2cc(O)c3ccccc3c2O)c(C)n1Cc1ccco1. The van der Waals surface area contributed by atoms with Crippen molar-refractivity contribution in [3.05, 3.63) is 83.1 Å². The Hall–Kier alpha value is -4.00. The molecule has 0 amide bonds. The Labute approximate surface area is 178 Å². The van der Waals surface area contributed by atoms with Crippen molar-refractivity contribution in [2.75, 3.05) is 6.61 Å². The van der Waals surface area contributed by atoms with Crippen LogP contribution in [0, 0.1) is 13.8 Å². The van der Waals surface area contributed by atoms with Gasteiger partial charge in [-0.15, -0.1) is 0 Å². The van der Waals surface area contributed by atoms with Crippen LogP contribution < -0.4 is 0 Å². The van der Waals surface area contributed by atoms with Gasteiger partial charge < -0.3 is 23.9 Å². The molecule has 0 saturated carbocycles. The van der Waals surface area contributed by atoms with E-state index in [1.807, 2.05) is 24.5 Å². The number of ether oxygens (including phenoxy) is 1. The number of hydrogen-bond donors (Lipinski definition) is 2. The molecule has 158 valence electrons. The minimum Gasteiger partial charge on any atom is -0.507 e. The molecule has 2 aromatic carbocycles. The molecule has 4 rings (SSSR count). The van der Waals surface area contributed by atoms with Crippen molar-refractivity contribution >= 4 is 22.5 Å². The van der Waals surface area contributed by atoms with E-state index in [0.29, 0.717) is 22.9 Å². The van der Waals surface area contributed by atoms with Gasteiger partial charge in [0.25, 0.3) is 0 Å². The number of rotatable bonds is 6. The Balaban J connectivity index is 1.51. The van der Waals surface area contributed by atoms with E-state index >= 15 is 0 Å². The van der Waals surface area contributed by atoms with Crippen LogP contribution in [-0.4, -0.2) is 33.1 Å². The van der Waals surface area contributed by atoms with Crippen LogP contribution in [0.4, 0.5) is 0 Å². The van der Waals surface area contributed by atoms with Gasteiger partial charge in [0.15, 0.2) is 6.61 Å². The third-order valence-corrected chi connectivity index (χ3v) is 5.32. The molecule has 0 saturated heterocycles. The van der Waals surface area contributed by atoms with Gasteiger partial charge in [-0.25, -0.2) is 4.79 Å². The number of carbonyl (C=O) groups is 2. The van der Waals surface area contributed by atoms with Crippen LogP contribution in [0.25, 0.3) is 10.8 Å². The quantitative estimate of drug-likeness (QED) is 0.274. The summed E-state index contributed by atoms with van der Waals surface area (Å²) in [5.74, 6) is -0.956. The lowest BCUT2D eigenvalue weighted by Crippen LogP contribution is -2.15. The monoisotopic (exact) mass is 419 g/mol. The van der Waals surface area contributed by atoms with E-state index in [1.54, 1.807) is 42.7 Å². The molecule has 2 aromatic heterocycles. The molecule has 0 fully saturated rings. The zero-order chi connectivity index (χ0) is 22.1. The number of aryl methyl sites for hydroxylation is 1. The van der Waals surface area contributed by atoms with Gasteiger partial charge in [-0.05, 0) is 38.1 Å². The Kier molecular flexibility index (Phi) is 5.25. The lowest BCUT2D eigenvalue weighted by molar-refractivity contribution is 0.0471. The van der Waals surface area contributed by atoms with Gasteiger partial charge in [-0.1, -0.05) is 24.3 Å². The molecular formula is C24H21NO6. The van der Waals surface area contributed by atoms with Crippen molar-refractivity contribution in [3.8, 4) is 11.5 Å². The summed E-state index contributed by atoms with van der Waals surface area (Å²) in [5, 5.41) is 21.3. The molecule has 7 heteroatoms. The second-order valence-corrected chi connectivity index (χ2v) is 7.29. The van der Waals surface area contributed by atoms with Crippen LogP contribution in [0.15, 0.2) is 59.2 Å². The first kappa shape index (κ1) is 20.3. The molecule has 0 radical (unpaired) electrons. The molecule has 0 aliphatic heterocycles. The number of hydrogen-bond acceptors (Lipinski definition) is 6. The highest BCUT2D eigenvalue weighted by atomic mass is 16.5. The molecule has 0 aliphatic rings. The van der Waals surface area contributed by atoms with Crippen LogP contribution in [0.2, 0.25) is 0 Å². The third-order valence-electron chi connectivity index (χ3n) is 5.32. The Morgan fingerprint density at radius 3 is 2.45 bits per heavy atom. The summed E-state index contributed by atoms with van der Waals surface area (Å²) >= 11 is 0. The standard InChI is InChI=1S/C24H21NO6/c1-14-10-19(15(2)25(14)12-16-6-5-9-30-16)22(27)13-31-24(29)20-11-21(26)17-7-3-4-8-18(17)23(20)28/h3-11,26,28H,12-13H2,1-2H3. The van der Waals surface area contributed by atoms with Crippen LogP contribution in [-0.2, 0) is 11.3 Å². The Morgan fingerprint density at radius 2 is 1.74 bits per heavy atom. The van der Waals surface area contributed by atoms with Gasteiger partial charge in [0, 0.05) is 27.7 Å². The number of phenols is 2. The maximum Gasteiger partial charge on any atom is 0.342 e. The minimum absolute atomic E-state index is 0.159. The first-order valence-electron chi connectivity index (χ1n) is 9.70. The van der Waals surface area contributed by atoms with Crippen molar-refractivity contribution < 1.29 is 29.0 Å². The van der Waals surface area contributed by atoms with E-state index in [-0.39, 0.29) is 22.8 Å². The molecule has 0 unspecified atom stereocenters. The number of ketones is 1. The van der Waals surface area contributed by atoms with Gasteiger partial charge in [0.2, 0.25) is 5.78 Å². The zero-order valence-corrected chi connectivity index (χ0v) is 17.1. The fourth-order valence-electron chi connectivity index (χ4n) is 3.67. The largest absolute Gasteiger partial charge is 0.507 e. The number of phenolic OH excluding ortho intramolecular Hbond substituents is 2. The summed E-state index contributed by atoms with van der Waals surface area (Å²) < 4.78 is 12.5. The van der Waals surface area contributed by atoms with Crippen LogP contribution >= 0.6 is 0 Å². The lowest BCUT2D eigenvalue weighted by atomic mass is 10.0. The van der Waals surface area contributed by atoms with E-state index in [1.165, 1.54) is 0 Å². The topological polar surface area (TPSA) is 102 Å².